The van der Waals surface area contributed by atoms with Gasteiger partial charge in [0.1, 0.15) is 0 Å². The molecule has 2 fully saturated rings. The molecule has 8 heteroatoms. The van der Waals surface area contributed by atoms with Crippen molar-refractivity contribution in [3.63, 3.8) is 0 Å². The largest absolute Gasteiger partial charge is 0.341 e. The molecule has 7 nitrogen and oxygen atoms in total. The summed E-state index contributed by atoms with van der Waals surface area (Å²) in [6, 6.07) is 3.99. The number of carbonyl (C=O) groups is 1. The molecule has 0 saturated carbocycles. The van der Waals surface area contributed by atoms with Crippen LogP contribution in [0.15, 0.2) is 22.0 Å². The van der Waals surface area contributed by atoms with Gasteiger partial charge in [-0.2, -0.15) is 4.98 Å². The average Bonchev–Trinajstić information content (AvgIpc) is 3.44. The van der Waals surface area contributed by atoms with Gasteiger partial charge in [-0.3, -0.25) is 9.69 Å². The Kier molecular flexibility index (Phi) is 7.40. The summed E-state index contributed by atoms with van der Waals surface area (Å²) in [6.45, 7) is 13.4. The molecular weight excluding hydrogens is 410 g/mol. The summed E-state index contributed by atoms with van der Waals surface area (Å²) in [5, 5.41) is 6.11. The van der Waals surface area contributed by atoms with Gasteiger partial charge in [-0.05, 0) is 49.6 Å². The van der Waals surface area contributed by atoms with Crippen LogP contribution in [-0.2, 0) is 11.2 Å². The van der Waals surface area contributed by atoms with Gasteiger partial charge in [-0.1, -0.05) is 25.1 Å². The third kappa shape index (κ3) is 5.73. The first-order chi connectivity index (χ1) is 15.0. The maximum Gasteiger partial charge on any atom is 0.239 e. The van der Waals surface area contributed by atoms with Crippen LogP contribution >= 0.6 is 11.3 Å². The lowest BCUT2D eigenvalue weighted by Crippen LogP contribution is -2.56. The van der Waals surface area contributed by atoms with Gasteiger partial charge in [-0.15, -0.1) is 11.3 Å². The fraction of sp³-hybridized carbons (Fsp3) is 0.696. The maximum absolute atomic E-state index is 13.0. The second kappa shape index (κ2) is 10.2. The zero-order chi connectivity index (χ0) is 21.8. The van der Waals surface area contributed by atoms with Crippen molar-refractivity contribution in [1.29, 1.82) is 0 Å². The summed E-state index contributed by atoms with van der Waals surface area (Å²) in [4.78, 5) is 25.5. The van der Waals surface area contributed by atoms with Crippen molar-refractivity contribution in [3.8, 4) is 10.7 Å². The van der Waals surface area contributed by atoms with E-state index in [-0.39, 0.29) is 6.04 Å². The van der Waals surface area contributed by atoms with Crippen molar-refractivity contribution < 1.29 is 9.32 Å². The van der Waals surface area contributed by atoms with E-state index in [2.05, 4.69) is 45.6 Å². The highest BCUT2D eigenvalue weighted by Gasteiger charge is 2.32. The number of carbonyl (C=O) groups excluding carboxylic acids is 1. The second-order valence-corrected chi connectivity index (χ2v) is 10.3. The number of likely N-dealkylation sites (tertiary alicyclic amines) is 1. The molecule has 1 amide bonds. The first-order valence-corrected chi connectivity index (χ1v) is 12.5. The van der Waals surface area contributed by atoms with Gasteiger partial charge in [0.15, 0.2) is 0 Å². The predicted octanol–water partition coefficient (Wildman–Crippen LogP) is 3.24. The van der Waals surface area contributed by atoms with E-state index >= 15 is 0 Å². The Hall–Kier alpha value is -1.77. The molecular formula is C23H35N5O2S. The lowest BCUT2D eigenvalue weighted by Gasteiger charge is -2.41. The Morgan fingerprint density at radius 3 is 2.65 bits per heavy atom. The van der Waals surface area contributed by atoms with Gasteiger partial charge >= 0.3 is 0 Å². The smallest absolute Gasteiger partial charge is 0.239 e. The topological polar surface area (TPSA) is 65.7 Å². The van der Waals surface area contributed by atoms with E-state index in [0.717, 1.165) is 63.5 Å². The quantitative estimate of drug-likeness (QED) is 0.652. The van der Waals surface area contributed by atoms with E-state index < -0.39 is 0 Å². The summed E-state index contributed by atoms with van der Waals surface area (Å²) in [5.41, 5.74) is 0. The lowest BCUT2D eigenvalue weighted by molar-refractivity contribution is -0.139. The first-order valence-electron chi connectivity index (χ1n) is 11.6. The van der Waals surface area contributed by atoms with Crippen LogP contribution in [0.3, 0.4) is 0 Å². The number of hydrogen-bond acceptors (Lipinski definition) is 7. The summed E-state index contributed by atoms with van der Waals surface area (Å²) >= 11 is 1.62. The summed E-state index contributed by atoms with van der Waals surface area (Å²) in [5.74, 6) is 2.93. The summed E-state index contributed by atoms with van der Waals surface area (Å²) in [7, 11) is 0. The zero-order valence-electron chi connectivity index (χ0n) is 19.0. The fourth-order valence-electron chi connectivity index (χ4n) is 4.95. The fourth-order valence-corrected chi connectivity index (χ4v) is 5.60. The number of aromatic nitrogens is 2. The van der Waals surface area contributed by atoms with Gasteiger partial charge in [0.25, 0.3) is 0 Å². The van der Waals surface area contributed by atoms with E-state index in [1.54, 1.807) is 11.3 Å². The number of hydrogen-bond donors (Lipinski definition) is 0. The molecule has 170 valence electrons. The van der Waals surface area contributed by atoms with Gasteiger partial charge in [0.05, 0.1) is 10.9 Å². The van der Waals surface area contributed by atoms with Crippen molar-refractivity contribution in [1.82, 2.24) is 24.8 Å². The van der Waals surface area contributed by atoms with Crippen molar-refractivity contribution in [2.45, 2.75) is 46.1 Å². The van der Waals surface area contributed by atoms with Crippen LogP contribution in [0.5, 0.6) is 0 Å². The van der Waals surface area contributed by atoms with Gasteiger partial charge in [-0.25, -0.2) is 0 Å². The normalized spacial score (nSPS) is 24.4. The predicted molar refractivity (Wildman–Crippen MR) is 123 cm³/mol. The standard InChI is InChI=1S/C23H35N5O2S/c1-17-14-18(2)16-28(15-17)23(29)19(3)27-11-9-26(10-12-27)8-4-7-21-24-22(25-30-21)20-6-5-13-31-20/h5-6,13,17-19H,4,7-12,14-16H2,1-3H3. The molecule has 0 aliphatic carbocycles. The third-order valence-electron chi connectivity index (χ3n) is 6.57. The number of piperazine rings is 1. The minimum Gasteiger partial charge on any atom is -0.341 e. The van der Waals surface area contributed by atoms with Crippen LogP contribution in [0.25, 0.3) is 10.7 Å². The van der Waals surface area contributed by atoms with Crippen molar-refractivity contribution in [2.75, 3.05) is 45.8 Å². The molecule has 0 aromatic carbocycles. The van der Waals surface area contributed by atoms with Gasteiger partial charge < -0.3 is 14.3 Å². The van der Waals surface area contributed by atoms with Crippen LogP contribution < -0.4 is 0 Å². The minimum atomic E-state index is -0.0197. The number of nitrogens with zero attached hydrogens (tertiary/aromatic N) is 5. The Bertz CT molecular complexity index is 821. The molecule has 0 N–H and O–H groups in total. The Balaban J connectivity index is 1.18. The lowest BCUT2D eigenvalue weighted by atomic mass is 9.91. The van der Waals surface area contributed by atoms with Crippen LogP contribution in [0.1, 0.15) is 39.5 Å². The molecule has 2 aromatic rings. The van der Waals surface area contributed by atoms with Crippen LogP contribution in [-0.4, -0.2) is 82.6 Å². The van der Waals surface area contributed by atoms with Crippen LogP contribution in [0.4, 0.5) is 0 Å². The SMILES string of the molecule is CC1CC(C)CN(C(=O)C(C)N2CCN(CCCc3nc(-c4cccs4)no3)CC2)C1. The van der Waals surface area contributed by atoms with E-state index in [0.29, 0.717) is 29.5 Å². The van der Waals surface area contributed by atoms with E-state index in [4.69, 9.17) is 4.52 Å². The second-order valence-electron chi connectivity index (χ2n) is 9.34. The van der Waals surface area contributed by atoms with Crippen LogP contribution in [0.2, 0.25) is 0 Å². The highest BCUT2D eigenvalue weighted by Crippen LogP contribution is 2.23. The molecule has 3 atom stereocenters. The van der Waals surface area contributed by atoms with E-state index in [1.807, 2.05) is 17.5 Å². The molecule has 4 rings (SSSR count). The van der Waals surface area contributed by atoms with Crippen molar-refractivity contribution in [3.05, 3.63) is 23.4 Å². The monoisotopic (exact) mass is 445 g/mol. The summed E-state index contributed by atoms with van der Waals surface area (Å²) in [6.07, 6.45) is 3.04. The maximum atomic E-state index is 13.0. The molecule has 3 unspecified atom stereocenters. The van der Waals surface area contributed by atoms with E-state index in [9.17, 15) is 4.79 Å². The average molecular weight is 446 g/mol. The van der Waals surface area contributed by atoms with Crippen LogP contribution in [0, 0.1) is 11.8 Å². The summed E-state index contributed by atoms with van der Waals surface area (Å²) < 4.78 is 5.40. The minimum absolute atomic E-state index is 0.0197. The molecule has 31 heavy (non-hydrogen) atoms. The van der Waals surface area contributed by atoms with E-state index in [1.165, 1.54) is 6.42 Å². The number of rotatable bonds is 7. The molecule has 0 spiro atoms. The number of aryl methyl sites for hydroxylation is 1. The molecule has 2 aromatic heterocycles. The highest BCUT2D eigenvalue weighted by atomic mass is 32.1. The Morgan fingerprint density at radius 2 is 1.97 bits per heavy atom. The molecule has 0 radical (unpaired) electrons. The third-order valence-corrected chi connectivity index (χ3v) is 7.43. The number of piperidine rings is 1. The molecule has 2 saturated heterocycles. The zero-order valence-corrected chi connectivity index (χ0v) is 19.8. The first kappa shape index (κ1) is 22.4. The van der Waals surface area contributed by atoms with Gasteiger partial charge in [0, 0.05) is 45.7 Å². The number of amides is 1. The van der Waals surface area contributed by atoms with Gasteiger partial charge in [0.2, 0.25) is 17.6 Å². The highest BCUT2D eigenvalue weighted by molar-refractivity contribution is 7.13. The molecule has 2 aliphatic rings. The van der Waals surface area contributed by atoms with Crippen molar-refractivity contribution in [2.24, 2.45) is 11.8 Å². The number of thiophene rings is 1. The molecule has 2 aliphatic heterocycles. The Labute approximate surface area is 189 Å². The molecule has 0 bridgehead atoms. The molecule has 4 heterocycles. The van der Waals surface area contributed by atoms with Crippen molar-refractivity contribution >= 4 is 17.2 Å². The Morgan fingerprint density at radius 1 is 1.23 bits per heavy atom.